The van der Waals surface area contributed by atoms with Gasteiger partial charge in [-0.25, -0.2) is 4.39 Å². The molecule has 0 saturated heterocycles. The molecular weight excluding hydrogens is 297 g/mol. The maximum Gasteiger partial charge on any atom is 0.166 e. The first kappa shape index (κ1) is 13.2. The zero-order valence-electron chi connectivity index (χ0n) is 10.4. The van der Waals surface area contributed by atoms with Crippen LogP contribution in [0.4, 0.5) is 4.39 Å². The molecule has 0 aliphatic heterocycles. The minimum Gasteiger partial charge on any atom is -0.310 e. The lowest BCUT2D eigenvalue weighted by Gasteiger charge is -2.12. The van der Waals surface area contributed by atoms with Gasteiger partial charge < -0.3 is 4.57 Å². The van der Waals surface area contributed by atoms with Crippen LogP contribution in [0, 0.1) is 11.7 Å². The first-order valence-electron chi connectivity index (χ1n) is 5.86. The summed E-state index contributed by atoms with van der Waals surface area (Å²) in [5.41, 5.74) is 0.498. The quantitative estimate of drug-likeness (QED) is 0.807. The largest absolute Gasteiger partial charge is 0.310 e. The van der Waals surface area contributed by atoms with Gasteiger partial charge in [0.1, 0.15) is 11.6 Å². The molecule has 0 spiro atoms. The average molecular weight is 312 g/mol. The zero-order valence-corrected chi connectivity index (χ0v) is 12.0. The number of rotatable bonds is 4. The van der Waals surface area contributed by atoms with E-state index in [4.69, 9.17) is 0 Å². The van der Waals surface area contributed by atoms with Gasteiger partial charge in [-0.1, -0.05) is 41.9 Å². The fourth-order valence-corrected chi connectivity index (χ4v) is 2.25. The summed E-state index contributed by atoms with van der Waals surface area (Å²) in [6.45, 7) is 5.00. The van der Waals surface area contributed by atoms with Crippen LogP contribution in [0.25, 0.3) is 11.4 Å². The molecule has 0 saturated carbocycles. The Morgan fingerprint density at radius 3 is 2.61 bits per heavy atom. The fourth-order valence-electron chi connectivity index (χ4n) is 1.83. The monoisotopic (exact) mass is 311 g/mol. The highest BCUT2D eigenvalue weighted by Crippen LogP contribution is 2.23. The smallest absolute Gasteiger partial charge is 0.166 e. The molecule has 1 aromatic carbocycles. The Balaban J connectivity index is 2.51. The molecule has 0 atom stereocenters. The van der Waals surface area contributed by atoms with E-state index in [1.54, 1.807) is 18.2 Å². The lowest BCUT2D eigenvalue weighted by Crippen LogP contribution is -2.09. The van der Waals surface area contributed by atoms with Gasteiger partial charge in [-0.2, -0.15) is 0 Å². The van der Waals surface area contributed by atoms with Crippen molar-refractivity contribution in [2.45, 2.75) is 25.7 Å². The molecule has 0 radical (unpaired) electrons. The summed E-state index contributed by atoms with van der Waals surface area (Å²) in [5, 5.41) is 8.83. The second-order valence-electron chi connectivity index (χ2n) is 4.56. The number of halogens is 2. The summed E-state index contributed by atoms with van der Waals surface area (Å²) in [5.74, 6) is 1.60. The highest BCUT2D eigenvalue weighted by Gasteiger charge is 2.16. The van der Waals surface area contributed by atoms with Crippen LogP contribution in [0.3, 0.4) is 0 Å². The number of benzene rings is 1. The van der Waals surface area contributed by atoms with Gasteiger partial charge in [-0.15, -0.1) is 10.2 Å². The number of hydrogen-bond donors (Lipinski definition) is 0. The van der Waals surface area contributed by atoms with E-state index in [-0.39, 0.29) is 5.82 Å². The minimum absolute atomic E-state index is 0.268. The highest BCUT2D eigenvalue weighted by molar-refractivity contribution is 9.08. The van der Waals surface area contributed by atoms with E-state index in [0.29, 0.717) is 22.6 Å². The van der Waals surface area contributed by atoms with E-state index in [9.17, 15) is 4.39 Å². The molecule has 0 N–H and O–H groups in total. The van der Waals surface area contributed by atoms with E-state index in [1.807, 2.05) is 4.57 Å². The van der Waals surface area contributed by atoms with Crippen molar-refractivity contribution in [3.05, 3.63) is 35.9 Å². The molecule has 1 heterocycles. The van der Waals surface area contributed by atoms with Crippen LogP contribution < -0.4 is 0 Å². The molecule has 0 aliphatic carbocycles. The predicted octanol–water partition coefficient (Wildman–Crippen LogP) is 3.64. The summed E-state index contributed by atoms with van der Waals surface area (Å²) >= 11 is 3.39. The van der Waals surface area contributed by atoms with Gasteiger partial charge >= 0.3 is 0 Å². The van der Waals surface area contributed by atoms with Crippen LogP contribution in [0.5, 0.6) is 0 Å². The number of hydrogen-bond acceptors (Lipinski definition) is 2. The van der Waals surface area contributed by atoms with Crippen molar-refractivity contribution < 1.29 is 4.39 Å². The Bertz CT molecular complexity index is 537. The fraction of sp³-hybridized carbons (Fsp3) is 0.385. The lowest BCUT2D eigenvalue weighted by molar-refractivity contribution is 0.514. The third kappa shape index (κ3) is 2.61. The summed E-state index contributed by atoms with van der Waals surface area (Å²) < 4.78 is 15.8. The lowest BCUT2D eigenvalue weighted by atomic mass is 10.1. The molecule has 1 aromatic heterocycles. The molecule has 2 rings (SSSR count). The van der Waals surface area contributed by atoms with Crippen molar-refractivity contribution >= 4 is 15.9 Å². The van der Waals surface area contributed by atoms with Crippen LogP contribution in [0.2, 0.25) is 0 Å². The van der Waals surface area contributed by atoms with Crippen LogP contribution in [-0.2, 0) is 11.9 Å². The molecule has 0 aliphatic rings. The second-order valence-corrected chi connectivity index (χ2v) is 5.12. The van der Waals surface area contributed by atoms with E-state index in [0.717, 1.165) is 12.4 Å². The standard InChI is InChI=1S/C13H15BrFN3/c1-9(2)8-18-12(7-14)16-17-13(18)10-5-3-4-6-11(10)15/h3-6,9H,7-8H2,1-2H3. The summed E-state index contributed by atoms with van der Waals surface area (Å²) in [7, 11) is 0. The number of aromatic nitrogens is 3. The van der Waals surface area contributed by atoms with Crippen LogP contribution in [0.15, 0.2) is 24.3 Å². The predicted molar refractivity (Wildman–Crippen MR) is 72.9 cm³/mol. The van der Waals surface area contributed by atoms with Crippen molar-refractivity contribution in [1.29, 1.82) is 0 Å². The maximum absolute atomic E-state index is 13.8. The van der Waals surface area contributed by atoms with E-state index < -0.39 is 0 Å². The van der Waals surface area contributed by atoms with Gasteiger partial charge in [-0.05, 0) is 18.1 Å². The van der Waals surface area contributed by atoms with Crippen molar-refractivity contribution in [1.82, 2.24) is 14.8 Å². The van der Waals surface area contributed by atoms with Gasteiger partial charge in [0.15, 0.2) is 5.82 Å². The molecule has 0 fully saturated rings. The minimum atomic E-state index is -0.268. The van der Waals surface area contributed by atoms with Gasteiger partial charge in [0.05, 0.1) is 10.9 Å². The number of nitrogens with zero attached hydrogens (tertiary/aromatic N) is 3. The Morgan fingerprint density at radius 2 is 2.00 bits per heavy atom. The Labute approximate surface area is 114 Å². The van der Waals surface area contributed by atoms with E-state index >= 15 is 0 Å². The second kappa shape index (κ2) is 5.61. The molecule has 0 amide bonds. The molecule has 96 valence electrons. The molecule has 3 nitrogen and oxygen atoms in total. The van der Waals surface area contributed by atoms with Crippen molar-refractivity contribution in [3.8, 4) is 11.4 Å². The Morgan fingerprint density at radius 1 is 1.28 bits per heavy atom. The summed E-state index contributed by atoms with van der Waals surface area (Å²) in [6, 6.07) is 6.65. The molecule has 0 unspecified atom stereocenters. The third-order valence-electron chi connectivity index (χ3n) is 2.61. The van der Waals surface area contributed by atoms with Gasteiger partial charge in [-0.3, -0.25) is 0 Å². The first-order chi connectivity index (χ1) is 8.63. The van der Waals surface area contributed by atoms with Crippen molar-refractivity contribution in [2.24, 2.45) is 5.92 Å². The molecule has 5 heteroatoms. The Kier molecular flexibility index (Phi) is 4.11. The topological polar surface area (TPSA) is 30.7 Å². The average Bonchev–Trinajstić information content (AvgIpc) is 2.72. The van der Waals surface area contributed by atoms with Crippen molar-refractivity contribution in [3.63, 3.8) is 0 Å². The van der Waals surface area contributed by atoms with Crippen LogP contribution in [-0.4, -0.2) is 14.8 Å². The number of alkyl halides is 1. The van der Waals surface area contributed by atoms with E-state index in [1.165, 1.54) is 6.07 Å². The Hall–Kier alpha value is -1.23. The first-order valence-corrected chi connectivity index (χ1v) is 6.98. The van der Waals surface area contributed by atoms with Gasteiger partial charge in [0, 0.05) is 6.54 Å². The van der Waals surface area contributed by atoms with Gasteiger partial charge in [0.25, 0.3) is 0 Å². The van der Waals surface area contributed by atoms with Crippen LogP contribution in [0.1, 0.15) is 19.7 Å². The molecular formula is C13H15BrFN3. The van der Waals surface area contributed by atoms with Gasteiger partial charge in [0.2, 0.25) is 0 Å². The molecule has 18 heavy (non-hydrogen) atoms. The normalized spacial score (nSPS) is 11.2. The SMILES string of the molecule is CC(C)Cn1c(CBr)nnc1-c1ccccc1F. The maximum atomic E-state index is 13.8. The highest BCUT2D eigenvalue weighted by atomic mass is 79.9. The van der Waals surface area contributed by atoms with Crippen LogP contribution >= 0.6 is 15.9 Å². The zero-order chi connectivity index (χ0) is 13.1. The van der Waals surface area contributed by atoms with E-state index in [2.05, 4.69) is 40.0 Å². The summed E-state index contributed by atoms with van der Waals surface area (Å²) in [4.78, 5) is 0. The molecule has 0 bridgehead atoms. The van der Waals surface area contributed by atoms with Crippen molar-refractivity contribution in [2.75, 3.05) is 0 Å². The third-order valence-corrected chi connectivity index (χ3v) is 3.11. The summed E-state index contributed by atoms with van der Waals surface area (Å²) in [6.07, 6.45) is 0. The molecule has 2 aromatic rings.